The number of pyridine rings is 2. The Morgan fingerprint density at radius 3 is 1.58 bits per heavy atom. The highest BCUT2D eigenvalue weighted by molar-refractivity contribution is 7.88. The molecule has 0 spiro atoms. The van der Waals surface area contributed by atoms with Crippen LogP contribution in [0.4, 0.5) is 0 Å². The van der Waals surface area contributed by atoms with Gasteiger partial charge in [0.2, 0.25) is 26.0 Å². The highest BCUT2D eigenvalue weighted by atomic mass is 35.5. The zero-order valence-corrected chi connectivity index (χ0v) is 41.7. The molecule has 8 rings (SSSR count). The molecule has 4 aliphatic rings. The molecule has 2 aromatic carbocycles. The molecule has 2 saturated heterocycles. The summed E-state index contributed by atoms with van der Waals surface area (Å²) >= 11 is 18.5. The maximum atomic E-state index is 12.1. The molecular weight excluding hydrogens is 935 g/mol. The number of rotatable bonds is 14. The van der Waals surface area contributed by atoms with E-state index in [4.69, 9.17) is 50.5 Å². The van der Waals surface area contributed by atoms with Gasteiger partial charge in [-0.1, -0.05) is 59.6 Å². The van der Waals surface area contributed by atoms with Gasteiger partial charge in [-0.05, 0) is 157 Å². The Bertz CT molecular complexity index is 2650. The number of carbonyl (C=O) groups excluding carboxylic acids is 1. The van der Waals surface area contributed by atoms with Crippen LogP contribution in [0.25, 0.3) is 23.3 Å². The minimum atomic E-state index is -3.19. The third-order valence-corrected chi connectivity index (χ3v) is 16.7. The Morgan fingerprint density at radius 2 is 1.15 bits per heavy atom. The zero-order valence-electron chi connectivity index (χ0n) is 37.8. The zero-order chi connectivity index (χ0) is 47.0. The number of sulfonamides is 2. The lowest BCUT2D eigenvalue weighted by Crippen LogP contribution is -2.39. The number of hydrogen-bond donors (Lipinski definition) is 2. The number of alkyl halides is 1. The molecule has 1 amide bonds. The van der Waals surface area contributed by atoms with Crippen LogP contribution in [0.5, 0.6) is 0 Å². The van der Waals surface area contributed by atoms with Crippen molar-refractivity contribution in [2.24, 2.45) is 17.6 Å². The smallest absolute Gasteiger partial charge is 0.220 e. The SMILES string of the molecule is CS(=O)(=O)N1CCC(C2c3ccc(Cl)cc3C=C(CCCN)c3cccnc32)CC1.CS(=O)(=O)N1CCC(C2c3ccc(Cl)cc3C=C(CCCNC(=O)CCCCl)c3cccnc32)CC1. The predicted molar refractivity (Wildman–Crippen MR) is 270 cm³/mol. The number of hydrogen-bond acceptors (Lipinski definition) is 8. The van der Waals surface area contributed by atoms with Gasteiger partial charge in [0.1, 0.15) is 0 Å². The van der Waals surface area contributed by atoms with Gasteiger partial charge in [-0.25, -0.2) is 25.4 Å². The molecule has 0 saturated carbocycles. The van der Waals surface area contributed by atoms with Gasteiger partial charge in [-0.15, -0.1) is 11.6 Å². The molecule has 4 heterocycles. The lowest BCUT2D eigenvalue weighted by molar-refractivity contribution is -0.121. The fraction of sp³-hybridized carbons (Fsp3) is 0.460. The molecule has 3 N–H and O–H groups in total. The summed E-state index contributed by atoms with van der Waals surface area (Å²) in [5.41, 5.74) is 17.2. The molecule has 4 aromatic rings. The van der Waals surface area contributed by atoms with Crippen molar-refractivity contribution in [3.05, 3.63) is 128 Å². The van der Waals surface area contributed by atoms with Crippen LogP contribution in [-0.2, 0) is 24.8 Å². The number of allylic oxidation sites excluding steroid dienone is 2. The van der Waals surface area contributed by atoms with E-state index in [-0.39, 0.29) is 23.7 Å². The van der Waals surface area contributed by atoms with Crippen LogP contribution in [0, 0.1) is 11.8 Å². The average molecular weight is 997 g/mol. The third-order valence-electron chi connectivity index (χ3n) is 13.4. The van der Waals surface area contributed by atoms with Gasteiger partial charge >= 0.3 is 0 Å². The van der Waals surface area contributed by atoms with Crippen molar-refractivity contribution in [2.75, 3.05) is 57.7 Å². The Kier molecular flexibility index (Phi) is 17.2. The van der Waals surface area contributed by atoms with Crippen molar-refractivity contribution in [1.82, 2.24) is 23.9 Å². The van der Waals surface area contributed by atoms with Crippen LogP contribution < -0.4 is 11.1 Å². The maximum Gasteiger partial charge on any atom is 0.220 e. The van der Waals surface area contributed by atoms with E-state index < -0.39 is 20.0 Å². The molecule has 354 valence electrons. The van der Waals surface area contributed by atoms with Gasteiger partial charge in [0.15, 0.2) is 0 Å². The first kappa shape index (κ1) is 50.2. The molecular formula is C50H61Cl3N6O5S2. The van der Waals surface area contributed by atoms with E-state index in [9.17, 15) is 21.6 Å². The normalized spacial score (nSPS) is 19.4. The predicted octanol–water partition coefficient (Wildman–Crippen LogP) is 9.44. The largest absolute Gasteiger partial charge is 0.356 e. The van der Waals surface area contributed by atoms with Crippen LogP contribution >= 0.6 is 34.8 Å². The van der Waals surface area contributed by atoms with Crippen molar-refractivity contribution < 1.29 is 21.6 Å². The molecule has 11 nitrogen and oxygen atoms in total. The number of nitrogens with zero attached hydrogens (tertiary/aromatic N) is 4. The van der Waals surface area contributed by atoms with Gasteiger partial charge in [0.05, 0.1) is 23.9 Å². The number of aromatic nitrogens is 2. The first-order valence-corrected chi connectivity index (χ1v) is 28.0. The molecule has 0 radical (unpaired) electrons. The topological polar surface area (TPSA) is 156 Å². The van der Waals surface area contributed by atoms with Crippen molar-refractivity contribution in [3.63, 3.8) is 0 Å². The second-order valence-corrected chi connectivity index (χ2v) is 23.1. The third kappa shape index (κ3) is 12.3. The second kappa shape index (κ2) is 22.6. The van der Waals surface area contributed by atoms with E-state index in [1.165, 1.54) is 40.3 Å². The van der Waals surface area contributed by atoms with Crippen LogP contribution in [0.3, 0.4) is 0 Å². The van der Waals surface area contributed by atoms with Gasteiger partial charge in [-0.2, -0.15) is 0 Å². The monoisotopic (exact) mass is 994 g/mol. The molecule has 2 fully saturated rings. The summed E-state index contributed by atoms with van der Waals surface area (Å²) in [6.45, 7) is 3.40. The molecule has 2 aromatic heterocycles. The Labute approximate surface area is 406 Å². The van der Waals surface area contributed by atoms with Crippen LogP contribution in [-0.4, -0.2) is 99.0 Å². The molecule has 2 aliphatic carbocycles. The molecule has 16 heteroatoms. The summed E-state index contributed by atoms with van der Waals surface area (Å²) in [6.07, 6.45) is 18.4. The Hall–Kier alpha value is -3.66. The van der Waals surface area contributed by atoms with E-state index in [2.05, 4.69) is 41.7 Å². The average Bonchev–Trinajstić information content (AvgIpc) is 3.52. The van der Waals surface area contributed by atoms with E-state index in [1.807, 2.05) is 48.8 Å². The number of amides is 1. The van der Waals surface area contributed by atoms with Gasteiger partial charge in [0.25, 0.3) is 0 Å². The van der Waals surface area contributed by atoms with E-state index in [1.54, 1.807) is 8.61 Å². The Morgan fingerprint density at radius 1 is 0.697 bits per heavy atom. The van der Waals surface area contributed by atoms with Gasteiger partial charge in [0, 0.05) is 79.3 Å². The molecule has 2 atom stereocenters. The van der Waals surface area contributed by atoms with Crippen molar-refractivity contribution >= 4 is 84.1 Å². The highest BCUT2D eigenvalue weighted by Gasteiger charge is 2.37. The van der Waals surface area contributed by atoms with Crippen LogP contribution in [0.15, 0.2) is 73.1 Å². The minimum absolute atomic E-state index is 0.0326. The number of fused-ring (bicyclic) bond motifs is 4. The van der Waals surface area contributed by atoms with Crippen molar-refractivity contribution in [3.8, 4) is 0 Å². The fourth-order valence-corrected chi connectivity index (χ4v) is 12.4. The van der Waals surface area contributed by atoms with Crippen LogP contribution in [0.2, 0.25) is 10.0 Å². The number of nitrogens with one attached hydrogen (secondary N) is 1. The second-order valence-electron chi connectivity index (χ2n) is 17.9. The maximum absolute atomic E-state index is 12.1. The summed E-state index contributed by atoms with van der Waals surface area (Å²) in [5, 5.41) is 4.38. The van der Waals surface area contributed by atoms with E-state index in [0.29, 0.717) is 74.0 Å². The molecule has 2 aliphatic heterocycles. The number of halogens is 3. The lowest BCUT2D eigenvalue weighted by atomic mass is 9.76. The molecule has 0 bridgehead atoms. The molecule has 2 unspecified atom stereocenters. The lowest BCUT2D eigenvalue weighted by Gasteiger charge is -2.35. The minimum Gasteiger partial charge on any atom is -0.356 e. The summed E-state index contributed by atoms with van der Waals surface area (Å²) in [7, 11) is -6.35. The summed E-state index contributed by atoms with van der Waals surface area (Å²) in [6, 6.07) is 20.4. The summed E-state index contributed by atoms with van der Waals surface area (Å²) in [4.78, 5) is 21.7. The van der Waals surface area contributed by atoms with E-state index >= 15 is 0 Å². The van der Waals surface area contributed by atoms with Crippen LogP contribution in [0.1, 0.15) is 121 Å². The quantitative estimate of drug-likeness (QED) is 0.0936. The summed E-state index contributed by atoms with van der Waals surface area (Å²) < 4.78 is 51.3. The first-order chi connectivity index (χ1) is 31.7. The standard InChI is InChI=1S/C27H33Cl2N3O3S.C23H28ClN3O2S/c1-36(34,35)32-15-10-19(11-16-32)26-23-9-8-22(29)18-21(23)17-20(24-6-4-14-31-27(24)26)5-3-13-30-25(33)7-2-12-28;1-30(28,29)27-12-8-16(9-13-27)22-20-7-6-19(24)15-18(20)14-17(4-2-10-25)21-5-3-11-26-23(21)22/h4,6,8-9,14,17-19,26H,2-3,5,7,10-13,15-16H2,1H3,(H,30,33);3,5-7,11,14-16,22H,2,4,8-10,12-13,25H2,1H3. The Balaban J connectivity index is 0.000000199. The molecule has 66 heavy (non-hydrogen) atoms. The van der Waals surface area contributed by atoms with E-state index in [0.717, 1.165) is 79.4 Å². The van der Waals surface area contributed by atoms with Crippen molar-refractivity contribution in [2.45, 2.75) is 76.0 Å². The fourth-order valence-electron chi connectivity index (χ4n) is 10.2. The first-order valence-electron chi connectivity index (χ1n) is 23.0. The van der Waals surface area contributed by atoms with Gasteiger partial charge in [-0.3, -0.25) is 14.8 Å². The van der Waals surface area contributed by atoms with Crippen molar-refractivity contribution in [1.29, 1.82) is 0 Å². The number of piperidine rings is 2. The highest BCUT2D eigenvalue weighted by Crippen LogP contribution is 2.47. The number of benzene rings is 2. The number of carbonyl (C=O) groups is 1. The summed E-state index contributed by atoms with van der Waals surface area (Å²) in [5.74, 6) is 1.27. The number of nitrogens with two attached hydrogens (primary N) is 1. The van der Waals surface area contributed by atoms with Gasteiger partial charge < -0.3 is 11.1 Å².